The number of nitrogens with zero attached hydrogens (tertiary/aromatic N) is 1. The summed E-state index contributed by atoms with van der Waals surface area (Å²) in [4.78, 5) is 11.8. The molecule has 1 aliphatic heterocycles. The lowest BCUT2D eigenvalue weighted by molar-refractivity contribution is -0.121. The fourth-order valence-corrected chi connectivity index (χ4v) is 4.14. The summed E-state index contributed by atoms with van der Waals surface area (Å²) < 4.78 is 22.7. The summed E-state index contributed by atoms with van der Waals surface area (Å²) >= 11 is 0. The third-order valence-electron chi connectivity index (χ3n) is 3.48. The van der Waals surface area contributed by atoms with Crippen molar-refractivity contribution in [1.82, 2.24) is 5.43 Å². The monoisotopic (exact) mass is 309 g/mol. The van der Waals surface area contributed by atoms with Crippen molar-refractivity contribution in [1.29, 1.82) is 0 Å². The van der Waals surface area contributed by atoms with Crippen molar-refractivity contribution >= 4 is 27.1 Å². The van der Waals surface area contributed by atoms with E-state index in [9.17, 15) is 13.2 Å². The Hall–Kier alpha value is -1.89. The molecule has 0 bridgehead atoms. The Balaban J connectivity index is 1.88. The van der Waals surface area contributed by atoms with Crippen LogP contribution in [0.25, 0.3) is 0 Å². The minimum Gasteiger partial charge on any atom is -0.399 e. The van der Waals surface area contributed by atoms with Crippen LogP contribution in [0.15, 0.2) is 29.4 Å². The molecule has 0 aliphatic carbocycles. The second-order valence-corrected chi connectivity index (χ2v) is 7.56. The Morgan fingerprint density at radius 1 is 1.38 bits per heavy atom. The summed E-state index contributed by atoms with van der Waals surface area (Å²) in [5.41, 5.74) is 10.3. The smallest absolute Gasteiger partial charge is 0.240 e. The molecule has 6 nitrogen and oxygen atoms in total. The van der Waals surface area contributed by atoms with Gasteiger partial charge in [0.2, 0.25) is 5.91 Å². The fraction of sp³-hybridized carbons (Fsp3) is 0.429. The van der Waals surface area contributed by atoms with Gasteiger partial charge in [-0.15, -0.1) is 0 Å². The van der Waals surface area contributed by atoms with Gasteiger partial charge in [-0.05, 0) is 37.0 Å². The minimum absolute atomic E-state index is 0.0953. The van der Waals surface area contributed by atoms with Crippen LogP contribution in [0.5, 0.6) is 0 Å². The van der Waals surface area contributed by atoms with Crippen molar-refractivity contribution in [2.75, 3.05) is 17.2 Å². The second-order valence-electron chi connectivity index (χ2n) is 5.33. The zero-order valence-corrected chi connectivity index (χ0v) is 12.7. The van der Waals surface area contributed by atoms with Gasteiger partial charge in [0.25, 0.3) is 0 Å². The molecule has 1 amide bonds. The normalized spacial score (nSPS) is 21.2. The van der Waals surface area contributed by atoms with Crippen LogP contribution in [0.4, 0.5) is 5.69 Å². The molecule has 0 unspecified atom stereocenters. The van der Waals surface area contributed by atoms with Crippen LogP contribution < -0.4 is 11.2 Å². The van der Waals surface area contributed by atoms with Crippen LogP contribution in [0.2, 0.25) is 0 Å². The van der Waals surface area contributed by atoms with Crippen LogP contribution in [0.3, 0.4) is 0 Å². The Kier molecular flexibility index (Phi) is 4.62. The number of hydrogen-bond donors (Lipinski definition) is 2. The number of carbonyl (C=O) groups is 1. The molecule has 1 saturated heterocycles. The molecule has 1 aromatic carbocycles. The van der Waals surface area contributed by atoms with Crippen molar-refractivity contribution in [3.05, 3.63) is 29.8 Å². The predicted octanol–water partition coefficient (Wildman–Crippen LogP) is 0.934. The number of nitrogens with two attached hydrogens (primary N) is 1. The standard InChI is InChI=1S/C14H19N3O3S/c1-10(12-2-4-13(15)5-3-12)16-17-14(18)8-11-6-7-21(19,20)9-11/h2-5,11H,6-9,15H2,1H3,(H,17,18)/b16-10-/t11-/m1/s1. The first-order valence-corrected chi connectivity index (χ1v) is 8.57. The first kappa shape index (κ1) is 15.5. The van der Waals surface area contributed by atoms with Gasteiger partial charge in [0.05, 0.1) is 17.2 Å². The summed E-state index contributed by atoms with van der Waals surface area (Å²) in [6.07, 6.45) is 0.744. The highest BCUT2D eigenvalue weighted by Crippen LogP contribution is 2.21. The second kappa shape index (κ2) is 6.26. The number of sulfone groups is 1. The van der Waals surface area contributed by atoms with Crippen LogP contribution in [-0.2, 0) is 14.6 Å². The van der Waals surface area contributed by atoms with Crippen molar-refractivity contribution in [3.63, 3.8) is 0 Å². The predicted molar refractivity (Wildman–Crippen MR) is 82.6 cm³/mol. The number of hydrogen-bond acceptors (Lipinski definition) is 5. The topological polar surface area (TPSA) is 102 Å². The van der Waals surface area contributed by atoms with E-state index in [1.54, 1.807) is 19.1 Å². The summed E-state index contributed by atoms with van der Waals surface area (Å²) in [5.74, 6) is -0.0753. The lowest BCUT2D eigenvalue weighted by Gasteiger charge is -2.06. The average molecular weight is 309 g/mol. The Morgan fingerprint density at radius 2 is 2.05 bits per heavy atom. The Morgan fingerprint density at radius 3 is 2.62 bits per heavy atom. The molecule has 3 N–H and O–H groups in total. The van der Waals surface area contributed by atoms with E-state index in [0.29, 0.717) is 17.8 Å². The molecule has 2 rings (SSSR count). The van der Waals surface area contributed by atoms with Gasteiger partial charge >= 0.3 is 0 Å². The maximum atomic E-state index is 11.8. The number of anilines is 1. The van der Waals surface area contributed by atoms with Crippen molar-refractivity contribution < 1.29 is 13.2 Å². The van der Waals surface area contributed by atoms with E-state index in [2.05, 4.69) is 10.5 Å². The van der Waals surface area contributed by atoms with E-state index >= 15 is 0 Å². The number of nitrogens with one attached hydrogen (secondary N) is 1. The first-order chi connectivity index (χ1) is 9.85. The van der Waals surface area contributed by atoms with Crippen LogP contribution in [-0.4, -0.2) is 31.5 Å². The molecule has 0 radical (unpaired) electrons. The summed E-state index contributed by atoms with van der Waals surface area (Å²) in [5, 5.41) is 4.03. The largest absolute Gasteiger partial charge is 0.399 e. The molecule has 0 spiro atoms. The highest BCUT2D eigenvalue weighted by atomic mass is 32.2. The summed E-state index contributed by atoms with van der Waals surface area (Å²) in [6, 6.07) is 7.17. The molecular formula is C14H19N3O3S. The molecular weight excluding hydrogens is 290 g/mol. The van der Waals surface area contributed by atoms with Gasteiger partial charge in [0.1, 0.15) is 0 Å². The average Bonchev–Trinajstić information content (AvgIpc) is 2.76. The molecule has 0 saturated carbocycles. The van der Waals surface area contributed by atoms with E-state index in [4.69, 9.17) is 5.73 Å². The number of hydrazone groups is 1. The van der Waals surface area contributed by atoms with Gasteiger partial charge in [-0.2, -0.15) is 5.10 Å². The fourth-order valence-electron chi connectivity index (χ4n) is 2.28. The van der Waals surface area contributed by atoms with E-state index in [-0.39, 0.29) is 29.8 Å². The van der Waals surface area contributed by atoms with Gasteiger partial charge < -0.3 is 5.73 Å². The molecule has 1 aliphatic rings. The maximum Gasteiger partial charge on any atom is 0.240 e. The van der Waals surface area contributed by atoms with Crippen LogP contribution in [0.1, 0.15) is 25.3 Å². The maximum absolute atomic E-state index is 11.8. The number of carbonyl (C=O) groups excluding carboxylic acids is 1. The highest BCUT2D eigenvalue weighted by molar-refractivity contribution is 7.91. The minimum atomic E-state index is -2.95. The zero-order valence-electron chi connectivity index (χ0n) is 11.9. The van der Waals surface area contributed by atoms with Crippen LogP contribution >= 0.6 is 0 Å². The lowest BCUT2D eigenvalue weighted by Crippen LogP contribution is -2.22. The van der Waals surface area contributed by atoms with Crippen molar-refractivity contribution in [3.8, 4) is 0 Å². The summed E-state index contributed by atoms with van der Waals surface area (Å²) in [7, 11) is -2.95. The highest BCUT2D eigenvalue weighted by Gasteiger charge is 2.29. The van der Waals surface area contributed by atoms with Crippen molar-refractivity contribution in [2.24, 2.45) is 11.0 Å². The molecule has 0 aromatic heterocycles. The lowest BCUT2D eigenvalue weighted by atomic mass is 10.1. The van der Waals surface area contributed by atoms with Gasteiger partial charge in [-0.3, -0.25) is 4.79 Å². The van der Waals surface area contributed by atoms with E-state index in [1.165, 1.54) is 0 Å². The van der Waals surface area contributed by atoms with Gasteiger partial charge in [-0.25, -0.2) is 13.8 Å². The van der Waals surface area contributed by atoms with Crippen molar-refractivity contribution in [2.45, 2.75) is 19.8 Å². The molecule has 1 aromatic rings. The SMILES string of the molecule is C/C(=N/NC(=O)C[C@H]1CCS(=O)(=O)C1)c1ccc(N)cc1. The van der Waals surface area contributed by atoms with E-state index in [0.717, 1.165) is 5.56 Å². The van der Waals surface area contributed by atoms with Crippen LogP contribution in [0, 0.1) is 5.92 Å². The number of rotatable bonds is 4. The van der Waals surface area contributed by atoms with E-state index in [1.807, 2.05) is 12.1 Å². The molecule has 1 fully saturated rings. The molecule has 7 heteroatoms. The molecule has 21 heavy (non-hydrogen) atoms. The van der Waals surface area contributed by atoms with E-state index < -0.39 is 9.84 Å². The third kappa shape index (κ3) is 4.56. The number of nitrogen functional groups attached to an aromatic ring is 1. The molecule has 1 heterocycles. The first-order valence-electron chi connectivity index (χ1n) is 6.75. The third-order valence-corrected chi connectivity index (χ3v) is 5.31. The van der Waals surface area contributed by atoms with Gasteiger partial charge in [-0.1, -0.05) is 12.1 Å². The molecule has 1 atom stereocenters. The van der Waals surface area contributed by atoms with Gasteiger partial charge in [0.15, 0.2) is 9.84 Å². The number of benzene rings is 1. The Labute approximate surface area is 124 Å². The van der Waals surface area contributed by atoms with Gasteiger partial charge in [0, 0.05) is 12.1 Å². The zero-order chi connectivity index (χ0) is 15.5. The Bertz CT molecular complexity index is 651. The summed E-state index contributed by atoms with van der Waals surface area (Å²) in [6.45, 7) is 1.78. The molecule has 114 valence electrons. The quantitative estimate of drug-likeness (QED) is 0.491. The number of amides is 1.